The summed E-state index contributed by atoms with van der Waals surface area (Å²) in [5, 5.41) is 15.3. The van der Waals surface area contributed by atoms with Crippen LogP contribution in [-0.2, 0) is 11.2 Å². The van der Waals surface area contributed by atoms with Crippen molar-refractivity contribution in [3.63, 3.8) is 0 Å². The van der Waals surface area contributed by atoms with E-state index >= 15 is 0 Å². The molecule has 0 spiro atoms. The van der Waals surface area contributed by atoms with Crippen molar-refractivity contribution < 1.29 is 9.53 Å². The molecule has 2 heterocycles. The number of halogens is 1. The number of ether oxygens (including phenoxy) is 1. The Kier molecular flexibility index (Phi) is 6.46. The standard InChI is InChI=1S/C19H26ClN5O2/c1-3-16-17(23-24-25(16)15-6-4-5-14(20)11-15)18(26)22-12-19(13-27-2)7-9-21-10-8-19/h4-6,11,21H,3,7-10,12-13H2,1-2H3,(H,22,26). The highest BCUT2D eigenvalue weighted by Gasteiger charge is 2.33. The van der Waals surface area contributed by atoms with Crippen LogP contribution in [0.4, 0.5) is 0 Å². The lowest BCUT2D eigenvalue weighted by Crippen LogP contribution is -2.47. The number of carbonyl (C=O) groups is 1. The predicted octanol–water partition coefficient (Wildman–Crippen LogP) is 2.23. The number of hydrogen-bond donors (Lipinski definition) is 2. The fraction of sp³-hybridized carbons (Fsp3) is 0.526. The van der Waals surface area contributed by atoms with E-state index in [1.165, 1.54) is 0 Å². The van der Waals surface area contributed by atoms with Crippen LogP contribution in [0.25, 0.3) is 5.69 Å². The number of hydrogen-bond acceptors (Lipinski definition) is 5. The normalized spacial score (nSPS) is 16.3. The van der Waals surface area contributed by atoms with E-state index in [-0.39, 0.29) is 11.3 Å². The molecule has 2 aromatic rings. The second kappa shape index (κ2) is 8.82. The number of methoxy groups -OCH3 is 1. The van der Waals surface area contributed by atoms with E-state index in [4.69, 9.17) is 16.3 Å². The molecule has 1 aliphatic rings. The van der Waals surface area contributed by atoms with Gasteiger partial charge in [-0.05, 0) is 50.6 Å². The van der Waals surface area contributed by atoms with Gasteiger partial charge in [0.1, 0.15) is 0 Å². The van der Waals surface area contributed by atoms with Crippen LogP contribution in [0.2, 0.25) is 5.02 Å². The first kappa shape index (κ1) is 19.8. The number of benzene rings is 1. The Labute approximate surface area is 164 Å². The molecule has 146 valence electrons. The first-order valence-corrected chi connectivity index (χ1v) is 9.65. The highest BCUT2D eigenvalue weighted by Crippen LogP contribution is 2.28. The molecule has 0 unspecified atom stereocenters. The van der Waals surface area contributed by atoms with Crippen molar-refractivity contribution in [2.24, 2.45) is 5.41 Å². The average molecular weight is 392 g/mol. The van der Waals surface area contributed by atoms with E-state index in [1.54, 1.807) is 23.9 Å². The lowest BCUT2D eigenvalue weighted by Gasteiger charge is -2.37. The van der Waals surface area contributed by atoms with Gasteiger partial charge in [-0.1, -0.05) is 29.8 Å². The average Bonchev–Trinajstić information content (AvgIpc) is 3.11. The maximum Gasteiger partial charge on any atom is 0.273 e. The van der Waals surface area contributed by atoms with Crippen LogP contribution in [0.5, 0.6) is 0 Å². The van der Waals surface area contributed by atoms with Crippen molar-refractivity contribution >= 4 is 17.5 Å². The Hall–Kier alpha value is -1.96. The van der Waals surface area contributed by atoms with Gasteiger partial charge in [0.15, 0.2) is 5.69 Å². The Morgan fingerprint density at radius 1 is 1.41 bits per heavy atom. The van der Waals surface area contributed by atoms with Crippen molar-refractivity contribution in [1.29, 1.82) is 0 Å². The molecule has 1 aliphatic heterocycles. The molecule has 0 radical (unpaired) electrons. The molecule has 1 amide bonds. The smallest absolute Gasteiger partial charge is 0.273 e. The minimum absolute atomic E-state index is 0.0367. The molecule has 8 heteroatoms. The molecule has 0 bridgehead atoms. The molecule has 1 aromatic carbocycles. The third kappa shape index (κ3) is 4.48. The molecule has 1 aromatic heterocycles. The van der Waals surface area contributed by atoms with Gasteiger partial charge < -0.3 is 15.4 Å². The van der Waals surface area contributed by atoms with E-state index in [9.17, 15) is 4.79 Å². The molecular formula is C19H26ClN5O2. The van der Waals surface area contributed by atoms with Gasteiger partial charge in [-0.15, -0.1) is 5.10 Å². The summed E-state index contributed by atoms with van der Waals surface area (Å²) < 4.78 is 7.09. The number of nitrogens with one attached hydrogen (secondary N) is 2. The molecule has 27 heavy (non-hydrogen) atoms. The van der Waals surface area contributed by atoms with Gasteiger partial charge in [0.25, 0.3) is 5.91 Å². The zero-order chi connectivity index (χ0) is 19.3. The second-order valence-corrected chi connectivity index (χ2v) is 7.43. The second-order valence-electron chi connectivity index (χ2n) is 7.00. The molecule has 1 fully saturated rings. The highest BCUT2D eigenvalue weighted by atomic mass is 35.5. The first-order valence-electron chi connectivity index (χ1n) is 9.27. The lowest BCUT2D eigenvalue weighted by atomic mass is 9.79. The summed E-state index contributed by atoms with van der Waals surface area (Å²) >= 11 is 6.08. The zero-order valence-corrected chi connectivity index (χ0v) is 16.6. The van der Waals surface area contributed by atoms with Crippen LogP contribution in [0.1, 0.15) is 35.9 Å². The summed E-state index contributed by atoms with van der Waals surface area (Å²) in [4.78, 5) is 12.8. The fourth-order valence-electron chi connectivity index (χ4n) is 3.60. The van der Waals surface area contributed by atoms with Crippen molar-refractivity contribution in [3.05, 3.63) is 40.7 Å². The van der Waals surface area contributed by atoms with E-state index < -0.39 is 0 Å². The monoisotopic (exact) mass is 391 g/mol. The summed E-state index contributed by atoms with van der Waals surface area (Å²) in [5.41, 5.74) is 1.88. The molecule has 1 saturated heterocycles. The highest BCUT2D eigenvalue weighted by molar-refractivity contribution is 6.30. The van der Waals surface area contributed by atoms with Crippen LogP contribution in [0.15, 0.2) is 24.3 Å². The van der Waals surface area contributed by atoms with Crippen molar-refractivity contribution in [2.45, 2.75) is 26.2 Å². The topological polar surface area (TPSA) is 81.1 Å². The molecule has 0 saturated carbocycles. The summed E-state index contributed by atoms with van der Waals surface area (Å²) in [6.07, 6.45) is 2.57. The largest absolute Gasteiger partial charge is 0.384 e. The quantitative estimate of drug-likeness (QED) is 0.756. The maximum absolute atomic E-state index is 12.8. The van der Waals surface area contributed by atoms with Gasteiger partial charge in [-0.3, -0.25) is 4.79 Å². The van der Waals surface area contributed by atoms with E-state index in [0.29, 0.717) is 30.3 Å². The first-order chi connectivity index (χ1) is 13.1. The van der Waals surface area contributed by atoms with Crippen molar-refractivity contribution in [2.75, 3.05) is 33.4 Å². The third-order valence-electron chi connectivity index (χ3n) is 5.10. The maximum atomic E-state index is 12.8. The van der Waals surface area contributed by atoms with Crippen molar-refractivity contribution in [3.8, 4) is 5.69 Å². The summed E-state index contributed by atoms with van der Waals surface area (Å²) in [6, 6.07) is 7.35. The number of piperidine rings is 1. The van der Waals surface area contributed by atoms with E-state index in [2.05, 4.69) is 20.9 Å². The third-order valence-corrected chi connectivity index (χ3v) is 5.34. The summed E-state index contributed by atoms with van der Waals surface area (Å²) in [5.74, 6) is -0.200. The van der Waals surface area contributed by atoms with Crippen LogP contribution in [-0.4, -0.2) is 54.3 Å². The number of rotatable bonds is 7. The van der Waals surface area contributed by atoms with Crippen molar-refractivity contribution in [1.82, 2.24) is 25.6 Å². The SMILES string of the molecule is CCc1c(C(=O)NCC2(COC)CCNCC2)nnn1-c1cccc(Cl)c1. The number of amides is 1. The zero-order valence-electron chi connectivity index (χ0n) is 15.8. The van der Waals surface area contributed by atoms with Crippen LogP contribution in [0.3, 0.4) is 0 Å². The molecule has 2 N–H and O–H groups in total. The van der Waals surface area contributed by atoms with E-state index in [0.717, 1.165) is 37.3 Å². The van der Waals surface area contributed by atoms with Gasteiger partial charge in [0, 0.05) is 24.1 Å². The van der Waals surface area contributed by atoms with Crippen LogP contribution in [0, 0.1) is 5.41 Å². The Morgan fingerprint density at radius 2 is 2.19 bits per heavy atom. The van der Waals surface area contributed by atoms with Gasteiger partial charge in [-0.2, -0.15) is 0 Å². The summed E-state index contributed by atoms with van der Waals surface area (Å²) in [6.45, 7) is 5.05. The molecule has 0 atom stereocenters. The Balaban J connectivity index is 1.77. The summed E-state index contributed by atoms with van der Waals surface area (Å²) in [7, 11) is 1.71. The number of aromatic nitrogens is 3. The minimum Gasteiger partial charge on any atom is -0.384 e. The molecule has 3 rings (SSSR count). The Bertz CT molecular complexity index is 781. The molecule has 0 aliphatic carbocycles. The van der Waals surface area contributed by atoms with Gasteiger partial charge >= 0.3 is 0 Å². The van der Waals surface area contributed by atoms with Crippen LogP contribution >= 0.6 is 11.6 Å². The predicted molar refractivity (Wildman–Crippen MR) is 104 cm³/mol. The van der Waals surface area contributed by atoms with Crippen LogP contribution < -0.4 is 10.6 Å². The molecular weight excluding hydrogens is 366 g/mol. The Morgan fingerprint density at radius 3 is 2.85 bits per heavy atom. The van der Waals surface area contributed by atoms with E-state index in [1.807, 2.05) is 19.1 Å². The number of carbonyl (C=O) groups excluding carboxylic acids is 1. The number of nitrogens with zero attached hydrogens (tertiary/aromatic N) is 3. The van der Waals surface area contributed by atoms with Gasteiger partial charge in [-0.25, -0.2) is 4.68 Å². The van der Waals surface area contributed by atoms with Gasteiger partial charge in [0.05, 0.1) is 18.0 Å². The van der Waals surface area contributed by atoms with Gasteiger partial charge in [0.2, 0.25) is 0 Å². The minimum atomic E-state index is -0.200. The lowest BCUT2D eigenvalue weighted by molar-refractivity contribution is 0.0510. The molecule has 7 nitrogen and oxygen atoms in total. The fourth-order valence-corrected chi connectivity index (χ4v) is 3.78.